The molecule has 0 bridgehead atoms. The SMILES string of the molecule is O=C(NCC(=O)N1CCC2(CC1)CC2)c1ccc(-n2cc(C3CC3)cn2)nc1. The lowest BCUT2D eigenvalue weighted by Crippen LogP contribution is -2.44. The molecule has 2 aromatic heterocycles. The summed E-state index contributed by atoms with van der Waals surface area (Å²) in [5, 5.41) is 7.08. The Morgan fingerprint density at radius 2 is 1.89 bits per heavy atom. The van der Waals surface area contributed by atoms with Crippen LogP contribution < -0.4 is 5.32 Å². The Morgan fingerprint density at radius 1 is 1.11 bits per heavy atom. The highest BCUT2D eigenvalue weighted by atomic mass is 16.2. The minimum Gasteiger partial charge on any atom is -0.343 e. The van der Waals surface area contributed by atoms with Crippen LogP contribution in [0.4, 0.5) is 0 Å². The molecular formula is C21H25N5O2. The molecule has 2 saturated carbocycles. The first-order chi connectivity index (χ1) is 13.6. The van der Waals surface area contributed by atoms with Crippen molar-refractivity contribution in [2.75, 3.05) is 19.6 Å². The van der Waals surface area contributed by atoms with Crippen LogP contribution in [0.3, 0.4) is 0 Å². The van der Waals surface area contributed by atoms with E-state index in [4.69, 9.17) is 0 Å². The predicted molar refractivity (Wildman–Crippen MR) is 103 cm³/mol. The Bertz CT molecular complexity index is 886. The molecule has 0 aromatic carbocycles. The van der Waals surface area contributed by atoms with Crippen molar-refractivity contribution in [3.8, 4) is 5.82 Å². The molecule has 3 fully saturated rings. The van der Waals surface area contributed by atoms with E-state index >= 15 is 0 Å². The highest BCUT2D eigenvalue weighted by Gasteiger charge is 2.45. The topological polar surface area (TPSA) is 80.1 Å². The Balaban J connectivity index is 1.14. The lowest BCUT2D eigenvalue weighted by atomic mass is 9.94. The van der Waals surface area contributed by atoms with E-state index in [0.29, 0.717) is 22.7 Å². The predicted octanol–water partition coefficient (Wildman–Crippen LogP) is 2.28. The molecule has 2 aromatic rings. The van der Waals surface area contributed by atoms with Crippen LogP contribution in [-0.4, -0.2) is 51.1 Å². The van der Waals surface area contributed by atoms with Crippen molar-refractivity contribution in [1.82, 2.24) is 25.0 Å². The number of nitrogens with zero attached hydrogens (tertiary/aromatic N) is 4. The van der Waals surface area contributed by atoms with E-state index in [1.165, 1.54) is 37.4 Å². The van der Waals surface area contributed by atoms with Crippen molar-refractivity contribution >= 4 is 11.8 Å². The zero-order valence-electron chi connectivity index (χ0n) is 15.9. The number of piperidine rings is 1. The van der Waals surface area contributed by atoms with Crippen LogP contribution in [0.15, 0.2) is 30.7 Å². The van der Waals surface area contributed by atoms with Crippen molar-refractivity contribution in [2.45, 2.75) is 44.4 Å². The zero-order chi connectivity index (χ0) is 19.1. The molecule has 3 aliphatic rings. The zero-order valence-corrected chi connectivity index (χ0v) is 15.9. The van der Waals surface area contributed by atoms with E-state index in [2.05, 4.69) is 15.4 Å². The number of nitrogens with one attached hydrogen (secondary N) is 1. The molecule has 1 N–H and O–H groups in total. The number of rotatable bonds is 5. The summed E-state index contributed by atoms with van der Waals surface area (Å²) in [4.78, 5) is 30.9. The lowest BCUT2D eigenvalue weighted by Gasteiger charge is -2.32. The van der Waals surface area contributed by atoms with Gasteiger partial charge in [-0.05, 0) is 67.6 Å². The fourth-order valence-electron chi connectivity index (χ4n) is 4.02. The van der Waals surface area contributed by atoms with E-state index in [1.54, 1.807) is 16.8 Å². The van der Waals surface area contributed by atoms with Gasteiger partial charge in [-0.15, -0.1) is 0 Å². The molecule has 1 spiro atoms. The fraction of sp³-hybridized carbons (Fsp3) is 0.524. The lowest BCUT2D eigenvalue weighted by molar-refractivity contribution is -0.131. The third-order valence-corrected chi connectivity index (χ3v) is 6.43. The molecule has 0 radical (unpaired) electrons. The van der Waals surface area contributed by atoms with Crippen LogP contribution in [0.5, 0.6) is 0 Å². The van der Waals surface area contributed by atoms with Crippen molar-refractivity contribution in [3.05, 3.63) is 41.9 Å². The quantitative estimate of drug-likeness (QED) is 0.864. The molecule has 1 saturated heterocycles. The summed E-state index contributed by atoms with van der Waals surface area (Å²) in [7, 11) is 0. The van der Waals surface area contributed by atoms with Crippen LogP contribution in [0, 0.1) is 5.41 Å². The standard InChI is InChI=1S/C21H25N5O2/c27-19(25-9-7-21(5-6-21)8-10-25)13-23-20(28)16-3-4-18(22-11-16)26-14-17(12-24-26)15-1-2-15/h3-4,11-12,14-15H,1-2,5-10,13H2,(H,23,28). The molecule has 5 rings (SSSR count). The number of pyridine rings is 1. The molecule has 1 aliphatic heterocycles. The van der Waals surface area contributed by atoms with Gasteiger partial charge in [-0.1, -0.05) is 0 Å². The largest absolute Gasteiger partial charge is 0.343 e. The number of carbonyl (C=O) groups excluding carboxylic acids is 2. The molecule has 2 amide bonds. The summed E-state index contributed by atoms with van der Waals surface area (Å²) >= 11 is 0. The van der Waals surface area contributed by atoms with E-state index in [0.717, 1.165) is 25.9 Å². The summed E-state index contributed by atoms with van der Waals surface area (Å²) in [6.45, 7) is 1.67. The Kier molecular flexibility index (Phi) is 4.18. The maximum atomic E-state index is 12.4. The van der Waals surface area contributed by atoms with Crippen LogP contribution in [0.25, 0.3) is 5.82 Å². The van der Waals surface area contributed by atoms with Gasteiger partial charge in [0.25, 0.3) is 5.91 Å². The van der Waals surface area contributed by atoms with Gasteiger partial charge in [0.05, 0.1) is 18.3 Å². The Labute approximate surface area is 164 Å². The van der Waals surface area contributed by atoms with Crippen LogP contribution in [-0.2, 0) is 4.79 Å². The van der Waals surface area contributed by atoms with Crippen LogP contribution in [0.2, 0.25) is 0 Å². The van der Waals surface area contributed by atoms with Gasteiger partial charge in [0.15, 0.2) is 5.82 Å². The minimum absolute atomic E-state index is 0.00224. The van der Waals surface area contributed by atoms with Gasteiger partial charge in [0.1, 0.15) is 0 Å². The number of amides is 2. The first-order valence-electron chi connectivity index (χ1n) is 10.2. The molecule has 2 aliphatic carbocycles. The van der Waals surface area contributed by atoms with Gasteiger partial charge in [0, 0.05) is 25.5 Å². The molecule has 28 heavy (non-hydrogen) atoms. The van der Waals surface area contributed by atoms with Gasteiger partial charge in [-0.2, -0.15) is 5.10 Å². The molecule has 7 nitrogen and oxygen atoms in total. The van der Waals surface area contributed by atoms with Crippen molar-refractivity contribution in [2.24, 2.45) is 5.41 Å². The molecule has 0 unspecified atom stereocenters. The second-order valence-corrected chi connectivity index (χ2v) is 8.46. The highest BCUT2D eigenvalue weighted by Crippen LogP contribution is 2.53. The van der Waals surface area contributed by atoms with E-state index in [9.17, 15) is 9.59 Å². The second kappa shape index (κ2) is 6.72. The van der Waals surface area contributed by atoms with Gasteiger partial charge in [-0.25, -0.2) is 9.67 Å². The van der Waals surface area contributed by atoms with Gasteiger partial charge in [-0.3, -0.25) is 9.59 Å². The van der Waals surface area contributed by atoms with E-state index in [1.807, 2.05) is 17.3 Å². The average molecular weight is 379 g/mol. The Hall–Kier alpha value is -2.70. The number of likely N-dealkylation sites (tertiary alicyclic amines) is 1. The third-order valence-electron chi connectivity index (χ3n) is 6.43. The normalized spacial score (nSPS) is 20.2. The fourth-order valence-corrected chi connectivity index (χ4v) is 4.02. The highest BCUT2D eigenvalue weighted by molar-refractivity contribution is 5.96. The smallest absolute Gasteiger partial charge is 0.253 e. The van der Waals surface area contributed by atoms with Crippen molar-refractivity contribution in [3.63, 3.8) is 0 Å². The molecule has 0 atom stereocenters. The summed E-state index contributed by atoms with van der Waals surface area (Å²) in [6, 6.07) is 3.50. The van der Waals surface area contributed by atoms with Gasteiger partial charge in [0.2, 0.25) is 5.91 Å². The average Bonchev–Trinajstić information content (AvgIpc) is 3.66. The first-order valence-corrected chi connectivity index (χ1v) is 10.2. The summed E-state index contributed by atoms with van der Waals surface area (Å²) in [5.74, 6) is 1.05. The Morgan fingerprint density at radius 3 is 2.54 bits per heavy atom. The van der Waals surface area contributed by atoms with Gasteiger partial charge < -0.3 is 10.2 Å². The molecular weight excluding hydrogens is 354 g/mol. The molecule has 3 heterocycles. The minimum atomic E-state index is -0.276. The first kappa shape index (κ1) is 17.4. The maximum absolute atomic E-state index is 12.4. The third kappa shape index (κ3) is 3.53. The van der Waals surface area contributed by atoms with Gasteiger partial charge >= 0.3 is 0 Å². The van der Waals surface area contributed by atoms with Crippen LogP contribution >= 0.6 is 0 Å². The second-order valence-electron chi connectivity index (χ2n) is 8.46. The van der Waals surface area contributed by atoms with E-state index in [-0.39, 0.29) is 18.4 Å². The van der Waals surface area contributed by atoms with Crippen molar-refractivity contribution < 1.29 is 9.59 Å². The maximum Gasteiger partial charge on any atom is 0.253 e. The summed E-state index contributed by atoms with van der Waals surface area (Å²) < 4.78 is 1.74. The monoisotopic (exact) mass is 379 g/mol. The van der Waals surface area contributed by atoms with Crippen molar-refractivity contribution in [1.29, 1.82) is 0 Å². The number of hydrogen-bond acceptors (Lipinski definition) is 4. The molecule has 7 heteroatoms. The van der Waals surface area contributed by atoms with E-state index < -0.39 is 0 Å². The summed E-state index contributed by atoms with van der Waals surface area (Å²) in [5.41, 5.74) is 2.23. The number of aromatic nitrogens is 3. The summed E-state index contributed by atoms with van der Waals surface area (Å²) in [6.07, 6.45) is 12.7. The number of hydrogen-bond donors (Lipinski definition) is 1. The van der Waals surface area contributed by atoms with Crippen LogP contribution in [0.1, 0.15) is 60.4 Å². The number of carbonyl (C=O) groups is 2. The molecule has 146 valence electrons.